The van der Waals surface area contributed by atoms with Gasteiger partial charge in [-0.25, -0.2) is 4.79 Å². The van der Waals surface area contributed by atoms with E-state index in [9.17, 15) is 4.79 Å². The summed E-state index contributed by atoms with van der Waals surface area (Å²) in [6.07, 6.45) is 14.0. The van der Waals surface area contributed by atoms with Crippen molar-refractivity contribution in [3.63, 3.8) is 0 Å². The van der Waals surface area contributed by atoms with Crippen LogP contribution in [0.2, 0.25) is 0 Å². The van der Waals surface area contributed by atoms with Gasteiger partial charge in [0, 0.05) is 6.20 Å². The minimum atomic E-state index is -0.432. The van der Waals surface area contributed by atoms with E-state index in [4.69, 9.17) is 4.74 Å². The molecular formula is C16H29NO2. The second-order valence-electron chi connectivity index (χ2n) is 6.48. The van der Waals surface area contributed by atoms with Gasteiger partial charge in [0.1, 0.15) is 5.60 Å². The molecule has 1 N–H and O–H groups in total. The number of hydrogen-bond acceptors (Lipinski definition) is 2. The Morgan fingerprint density at radius 3 is 2.58 bits per heavy atom. The number of unbranched alkanes of at least 4 members (excludes halogenated alkanes) is 1. The van der Waals surface area contributed by atoms with Crippen LogP contribution in [0.3, 0.4) is 0 Å². The van der Waals surface area contributed by atoms with E-state index in [0.29, 0.717) is 0 Å². The summed E-state index contributed by atoms with van der Waals surface area (Å²) in [7, 11) is 0. The Labute approximate surface area is 117 Å². The van der Waals surface area contributed by atoms with E-state index in [1.165, 1.54) is 44.9 Å². The lowest BCUT2D eigenvalue weighted by atomic mass is 9.86. The number of carbonyl (C=O) groups is 1. The van der Waals surface area contributed by atoms with Crippen molar-refractivity contribution in [1.29, 1.82) is 0 Å². The second-order valence-corrected chi connectivity index (χ2v) is 6.48. The van der Waals surface area contributed by atoms with E-state index in [1.54, 1.807) is 6.20 Å². The first kappa shape index (κ1) is 16.1. The summed E-state index contributed by atoms with van der Waals surface area (Å²) < 4.78 is 5.14. The quantitative estimate of drug-likeness (QED) is 0.728. The fraction of sp³-hybridized carbons (Fsp3) is 0.812. The topological polar surface area (TPSA) is 38.3 Å². The Kier molecular flexibility index (Phi) is 6.96. The number of nitrogens with one attached hydrogen (secondary N) is 1. The van der Waals surface area contributed by atoms with Crippen LogP contribution in [0.15, 0.2) is 12.3 Å². The number of allylic oxidation sites excluding steroid dienone is 1. The lowest BCUT2D eigenvalue weighted by Crippen LogP contribution is -2.29. The summed E-state index contributed by atoms with van der Waals surface area (Å²) in [5.74, 6) is 0.945. The van der Waals surface area contributed by atoms with Crippen molar-refractivity contribution in [3.8, 4) is 0 Å². The molecule has 1 aliphatic rings. The zero-order chi connectivity index (χ0) is 14.1. The summed E-state index contributed by atoms with van der Waals surface area (Å²) >= 11 is 0. The van der Waals surface area contributed by atoms with E-state index >= 15 is 0 Å². The van der Waals surface area contributed by atoms with Crippen LogP contribution in [0, 0.1) is 5.92 Å². The third-order valence-corrected chi connectivity index (χ3v) is 3.43. The van der Waals surface area contributed by atoms with Gasteiger partial charge < -0.3 is 4.74 Å². The molecule has 0 saturated heterocycles. The Morgan fingerprint density at radius 1 is 1.26 bits per heavy atom. The third-order valence-electron chi connectivity index (χ3n) is 3.43. The number of rotatable bonds is 5. The molecule has 3 nitrogen and oxygen atoms in total. The monoisotopic (exact) mass is 267 g/mol. The van der Waals surface area contributed by atoms with E-state index < -0.39 is 5.60 Å². The molecule has 0 radical (unpaired) electrons. The molecule has 1 saturated carbocycles. The second kappa shape index (κ2) is 8.23. The Balaban J connectivity index is 2.02. The molecule has 1 fully saturated rings. The minimum Gasteiger partial charge on any atom is -0.444 e. The van der Waals surface area contributed by atoms with Gasteiger partial charge in [-0.3, -0.25) is 5.32 Å². The molecule has 0 aromatic heterocycles. The minimum absolute atomic E-state index is 0.379. The number of ether oxygens (including phenoxy) is 1. The highest BCUT2D eigenvalue weighted by molar-refractivity contribution is 5.68. The average Bonchev–Trinajstić information content (AvgIpc) is 2.32. The maximum absolute atomic E-state index is 11.4. The van der Waals surface area contributed by atoms with Crippen LogP contribution >= 0.6 is 0 Å². The lowest BCUT2D eigenvalue weighted by Gasteiger charge is -2.20. The molecule has 0 aromatic carbocycles. The van der Waals surface area contributed by atoms with Crippen LogP contribution in [0.25, 0.3) is 0 Å². The smallest absolute Gasteiger partial charge is 0.411 e. The van der Waals surface area contributed by atoms with Gasteiger partial charge in [-0.1, -0.05) is 44.6 Å². The summed E-state index contributed by atoms with van der Waals surface area (Å²) in [5, 5.41) is 2.64. The van der Waals surface area contributed by atoms with Crippen molar-refractivity contribution in [2.45, 2.75) is 77.7 Å². The van der Waals surface area contributed by atoms with Crippen LogP contribution in [-0.4, -0.2) is 11.7 Å². The van der Waals surface area contributed by atoms with Crippen LogP contribution < -0.4 is 5.32 Å². The molecule has 0 bridgehead atoms. The van der Waals surface area contributed by atoms with Crippen molar-refractivity contribution in [3.05, 3.63) is 12.3 Å². The highest BCUT2D eigenvalue weighted by atomic mass is 16.6. The molecule has 0 heterocycles. The van der Waals surface area contributed by atoms with Gasteiger partial charge in [-0.05, 0) is 39.5 Å². The van der Waals surface area contributed by atoms with E-state index in [2.05, 4.69) is 5.32 Å². The molecular weight excluding hydrogens is 238 g/mol. The maximum atomic E-state index is 11.4. The third kappa shape index (κ3) is 8.68. The molecule has 3 heteroatoms. The van der Waals surface area contributed by atoms with Gasteiger partial charge in [-0.2, -0.15) is 0 Å². The molecule has 0 atom stereocenters. The standard InChI is InChI=1S/C16H29NO2/c1-16(2,3)19-15(18)17-13-9-5-8-12-14-10-6-4-7-11-14/h9,13-14H,4-8,10-12H2,1-3H3,(H,17,18)/b13-9+. The van der Waals surface area contributed by atoms with Crippen LogP contribution in [-0.2, 0) is 4.74 Å². The molecule has 0 spiro atoms. The van der Waals surface area contributed by atoms with E-state index in [0.717, 1.165) is 12.3 Å². The molecule has 0 aliphatic heterocycles. The summed E-state index contributed by atoms with van der Waals surface area (Å²) in [6, 6.07) is 0. The zero-order valence-corrected chi connectivity index (χ0v) is 12.7. The molecule has 19 heavy (non-hydrogen) atoms. The van der Waals surface area contributed by atoms with Gasteiger partial charge in [-0.15, -0.1) is 0 Å². The fourth-order valence-electron chi connectivity index (χ4n) is 2.52. The first-order valence-electron chi connectivity index (χ1n) is 7.62. The largest absolute Gasteiger partial charge is 0.444 e. The molecule has 110 valence electrons. The normalized spacial score (nSPS) is 17.6. The molecule has 1 amide bonds. The summed E-state index contributed by atoms with van der Waals surface area (Å²) in [6.45, 7) is 5.58. The lowest BCUT2D eigenvalue weighted by molar-refractivity contribution is 0.0552. The first-order valence-corrected chi connectivity index (χ1v) is 7.62. The van der Waals surface area contributed by atoms with Crippen LogP contribution in [0.1, 0.15) is 72.1 Å². The highest BCUT2D eigenvalue weighted by Crippen LogP contribution is 2.27. The average molecular weight is 267 g/mol. The summed E-state index contributed by atoms with van der Waals surface area (Å²) in [4.78, 5) is 11.4. The highest BCUT2D eigenvalue weighted by Gasteiger charge is 2.15. The van der Waals surface area contributed by atoms with E-state index in [-0.39, 0.29) is 6.09 Å². The fourth-order valence-corrected chi connectivity index (χ4v) is 2.52. The van der Waals surface area contributed by atoms with Gasteiger partial charge in [0.05, 0.1) is 0 Å². The SMILES string of the molecule is CC(C)(C)OC(=O)N/C=C/CCCC1CCCCC1. The number of hydrogen-bond donors (Lipinski definition) is 1. The molecule has 0 aromatic rings. The Hall–Kier alpha value is -0.990. The van der Waals surface area contributed by atoms with Gasteiger partial charge in [0.25, 0.3) is 0 Å². The van der Waals surface area contributed by atoms with Gasteiger partial charge in [0.2, 0.25) is 0 Å². The van der Waals surface area contributed by atoms with Crippen LogP contribution in [0.4, 0.5) is 4.79 Å². The Morgan fingerprint density at radius 2 is 1.95 bits per heavy atom. The predicted octanol–water partition coefficient (Wildman–Crippen LogP) is 4.78. The first-order chi connectivity index (χ1) is 8.97. The van der Waals surface area contributed by atoms with Gasteiger partial charge in [0.15, 0.2) is 0 Å². The van der Waals surface area contributed by atoms with Crippen molar-refractivity contribution >= 4 is 6.09 Å². The molecule has 0 unspecified atom stereocenters. The number of carbonyl (C=O) groups excluding carboxylic acids is 1. The molecule has 1 rings (SSSR count). The van der Waals surface area contributed by atoms with Crippen molar-refractivity contribution in [2.24, 2.45) is 5.92 Å². The zero-order valence-electron chi connectivity index (χ0n) is 12.7. The summed E-state index contributed by atoms with van der Waals surface area (Å²) in [5.41, 5.74) is -0.432. The van der Waals surface area contributed by atoms with Crippen molar-refractivity contribution in [1.82, 2.24) is 5.32 Å². The van der Waals surface area contributed by atoms with E-state index in [1.807, 2.05) is 26.8 Å². The number of amides is 1. The number of alkyl carbamates (subject to hydrolysis) is 1. The molecule has 1 aliphatic carbocycles. The van der Waals surface area contributed by atoms with Crippen LogP contribution in [0.5, 0.6) is 0 Å². The van der Waals surface area contributed by atoms with Crippen molar-refractivity contribution < 1.29 is 9.53 Å². The maximum Gasteiger partial charge on any atom is 0.411 e. The Bertz CT molecular complexity index is 286. The van der Waals surface area contributed by atoms with Crippen molar-refractivity contribution in [2.75, 3.05) is 0 Å². The predicted molar refractivity (Wildman–Crippen MR) is 78.9 cm³/mol. The van der Waals surface area contributed by atoms with Gasteiger partial charge >= 0.3 is 6.09 Å².